The molecule has 2 bridgehead atoms. The number of ether oxygens (including phenoxy) is 4. The minimum atomic E-state index is -1.79. The van der Waals surface area contributed by atoms with Gasteiger partial charge in [-0.15, -0.1) is 0 Å². The fourth-order valence-corrected chi connectivity index (χ4v) is 4.76. The van der Waals surface area contributed by atoms with Crippen LogP contribution >= 0.6 is 0 Å². The zero-order chi connectivity index (χ0) is 23.9. The number of hydrogen-bond acceptors (Lipinski definition) is 9. The Labute approximate surface area is 189 Å². The molecule has 2 aliphatic rings. The summed E-state index contributed by atoms with van der Waals surface area (Å²) in [6, 6.07) is 12.4. The van der Waals surface area contributed by atoms with E-state index in [-0.39, 0.29) is 11.1 Å². The van der Waals surface area contributed by atoms with Crippen LogP contribution in [-0.4, -0.2) is 52.3 Å². The summed E-state index contributed by atoms with van der Waals surface area (Å²) in [5.41, 5.74) is -0.0597. The summed E-state index contributed by atoms with van der Waals surface area (Å²) in [5.74, 6) is -2.92. The van der Waals surface area contributed by atoms with Gasteiger partial charge < -0.3 is 23.8 Å². The van der Waals surface area contributed by atoms with E-state index < -0.39 is 35.5 Å². The van der Waals surface area contributed by atoms with Gasteiger partial charge in [0.05, 0.1) is 51.2 Å². The van der Waals surface area contributed by atoms with Crippen molar-refractivity contribution in [3.05, 3.63) is 76.4 Å². The smallest absolute Gasteiger partial charge is 0.341 e. The molecule has 0 aromatic heterocycles. The van der Waals surface area contributed by atoms with Gasteiger partial charge in [0, 0.05) is 5.69 Å². The summed E-state index contributed by atoms with van der Waals surface area (Å²) in [7, 11) is 4.84. The lowest BCUT2D eigenvalue weighted by Crippen LogP contribution is -2.50. The minimum Gasteiger partial charge on any atom is -0.467 e. The van der Waals surface area contributed by atoms with Crippen molar-refractivity contribution in [2.24, 2.45) is 0 Å². The highest BCUT2D eigenvalue weighted by atomic mass is 16.5. The van der Waals surface area contributed by atoms with E-state index in [0.29, 0.717) is 22.4 Å². The standard InChI is InChI=1S/C24H21NO8/c1-30-20(26)13-9-11-14(12-10-13)25-19-15-7-5-6-8-16(15)24(25,23(29)33-4)18(22(28)32-3)17(19)21(27)31-2/h5-12,19H,1-4H3/t19-,24+/m0/s1. The van der Waals surface area contributed by atoms with E-state index in [4.69, 9.17) is 18.9 Å². The third kappa shape index (κ3) is 2.85. The van der Waals surface area contributed by atoms with Crippen LogP contribution in [0, 0.1) is 0 Å². The van der Waals surface area contributed by atoms with Crippen LogP contribution in [0.4, 0.5) is 5.69 Å². The number of esters is 4. The molecule has 0 radical (unpaired) electrons. The zero-order valence-corrected chi connectivity index (χ0v) is 18.4. The zero-order valence-electron chi connectivity index (χ0n) is 18.4. The molecule has 4 rings (SSSR count). The highest BCUT2D eigenvalue weighted by Gasteiger charge is 2.68. The fourth-order valence-electron chi connectivity index (χ4n) is 4.76. The maximum absolute atomic E-state index is 13.5. The molecule has 0 amide bonds. The first-order valence-electron chi connectivity index (χ1n) is 9.95. The summed E-state index contributed by atoms with van der Waals surface area (Å²) < 4.78 is 19.9. The molecule has 0 spiro atoms. The molecule has 0 aliphatic carbocycles. The lowest BCUT2D eigenvalue weighted by molar-refractivity contribution is -0.149. The molecule has 2 heterocycles. The number of benzene rings is 2. The average Bonchev–Trinajstić information content (AvgIpc) is 3.34. The number of hydrogen-bond donors (Lipinski definition) is 0. The maximum atomic E-state index is 13.5. The number of methoxy groups -OCH3 is 4. The Bertz CT molecular complexity index is 1200. The number of carbonyl (C=O) groups is 4. The SMILES string of the molecule is COC(=O)C1=C(C(=O)OC)[C@@]2(C(=O)OC)c3ccccc3[C@@H]1N2c1ccc(C(=O)OC)cc1. The Morgan fingerprint density at radius 1 is 0.758 bits per heavy atom. The third-order valence-electron chi connectivity index (χ3n) is 6.01. The molecule has 0 N–H and O–H groups in total. The molecule has 0 fully saturated rings. The van der Waals surface area contributed by atoms with E-state index >= 15 is 0 Å². The van der Waals surface area contributed by atoms with Crippen LogP contribution in [-0.2, 0) is 38.9 Å². The van der Waals surface area contributed by atoms with Crippen molar-refractivity contribution in [2.45, 2.75) is 11.6 Å². The summed E-state index contributed by atoms with van der Waals surface area (Å²) in [5, 5.41) is 0. The summed E-state index contributed by atoms with van der Waals surface area (Å²) in [4.78, 5) is 53.0. The van der Waals surface area contributed by atoms with Crippen LogP contribution < -0.4 is 4.90 Å². The Morgan fingerprint density at radius 2 is 1.36 bits per heavy atom. The highest BCUT2D eigenvalue weighted by molar-refractivity contribution is 6.15. The summed E-state index contributed by atoms with van der Waals surface area (Å²) in [6.07, 6.45) is 0. The second-order valence-electron chi connectivity index (χ2n) is 7.37. The monoisotopic (exact) mass is 451 g/mol. The molecule has 0 saturated heterocycles. The first-order chi connectivity index (χ1) is 15.9. The van der Waals surface area contributed by atoms with Gasteiger partial charge in [0.1, 0.15) is 0 Å². The molecular formula is C24H21NO8. The Morgan fingerprint density at radius 3 is 1.94 bits per heavy atom. The van der Waals surface area contributed by atoms with Gasteiger partial charge in [-0.05, 0) is 35.4 Å². The summed E-state index contributed by atoms with van der Waals surface area (Å²) >= 11 is 0. The second-order valence-corrected chi connectivity index (χ2v) is 7.37. The number of rotatable bonds is 5. The number of nitrogens with zero attached hydrogens (tertiary/aromatic N) is 1. The van der Waals surface area contributed by atoms with E-state index in [2.05, 4.69) is 0 Å². The van der Waals surface area contributed by atoms with Crippen molar-refractivity contribution in [1.82, 2.24) is 0 Å². The topological polar surface area (TPSA) is 108 Å². The van der Waals surface area contributed by atoms with E-state index in [0.717, 1.165) is 0 Å². The van der Waals surface area contributed by atoms with Crippen LogP contribution in [0.5, 0.6) is 0 Å². The van der Waals surface area contributed by atoms with E-state index in [1.165, 1.54) is 40.6 Å². The Kier molecular flexibility index (Phi) is 5.41. The van der Waals surface area contributed by atoms with Crippen LogP contribution in [0.2, 0.25) is 0 Å². The van der Waals surface area contributed by atoms with Gasteiger partial charge in [0.2, 0.25) is 0 Å². The molecule has 9 nitrogen and oxygen atoms in total. The molecule has 2 aromatic carbocycles. The third-order valence-corrected chi connectivity index (χ3v) is 6.01. The van der Waals surface area contributed by atoms with E-state index in [9.17, 15) is 19.2 Å². The highest BCUT2D eigenvalue weighted by Crippen LogP contribution is 2.62. The first kappa shape index (κ1) is 22.1. The lowest BCUT2D eigenvalue weighted by Gasteiger charge is -2.36. The molecule has 2 aromatic rings. The molecule has 0 saturated carbocycles. The molecule has 2 aliphatic heterocycles. The normalized spacial score (nSPS) is 20.2. The Balaban J connectivity index is 2.05. The molecule has 2 atom stereocenters. The maximum Gasteiger partial charge on any atom is 0.341 e. The van der Waals surface area contributed by atoms with Crippen molar-refractivity contribution >= 4 is 29.6 Å². The van der Waals surface area contributed by atoms with Gasteiger partial charge in [0.15, 0.2) is 5.54 Å². The van der Waals surface area contributed by atoms with Gasteiger partial charge in [-0.25, -0.2) is 19.2 Å². The van der Waals surface area contributed by atoms with Crippen molar-refractivity contribution in [3.8, 4) is 0 Å². The largest absolute Gasteiger partial charge is 0.467 e. The fraction of sp³-hybridized carbons (Fsp3) is 0.250. The predicted molar refractivity (Wildman–Crippen MR) is 114 cm³/mol. The lowest BCUT2D eigenvalue weighted by atomic mass is 9.76. The summed E-state index contributed by atoms with van der Waals surface area (Å²) in [6.45, 7) is 0. The van der Waals surface area contributed by atoms with Crippen LogP contribution in [0.25, 0.3) is 0 Å². The van der Waals surface area contributed by atoms with E-state index in [1.54, 1.807) is 41.3 Å². The van der Waals surface area contributed by atoms with Crippen molar-refractivity contribution in [3.63, 3.8) is 0 Å². The minimum absolute atomic E-state index is 0.00880. The molecule has 9 heteroatoms. The average molecular weight is 451 g/mol. The van der Waals surface area contributed by atoms with E-state index in [1.807, 2.05) is 0 Å². The molecule has 33 heavy (non-hydrogen) atoms. The van der Waals surface area contributed by atoms with Crippen LogP contribution in [0.1, 0.15) is 27.5 Å². The van der Waals surface area contributed by atoms with Crippen molar-refractivity contribution in [1.29, 1.82) is 0 Å². The van der Waals surface area contributed by atoms with Gasteiger partial charge in [0.25, 0.3) is 0 Å². The van der Waals surface area contributed by atoms with Crippen molar-refractivity contribution < 1.29 is 38.1 Å². The molecule has 170 valence electrons. The van der Waals surface area contributed by atoms with Gasteiger partial charge >= 0.3 is 23.9 Å². The van der Waals surface area contributed by atoms with Crippen LogP contribution in [0.3, 0.4) is 0 Å². The second kappa shape index (κ2) is 8.09. The molecule has 0 unspecified atom stereocenters. The van der Waals surface area contributed by atoms with Gasteiger partial charge in [-0.3, -0.25) is 0 Å². The van der Waals surface area contributed by atoms with Crippen molar-refractivity contribution in [2.75, 3.05) is 33.3 Å². The Hall–Kier alpha value is -4.14. The van der Waals surface area contributed by atoms with Gasteiger partial charge in [-0.1, -0.05) is 24.3 Å². The quantitative estimate of drug-likeness (QED) is 0.498. The van der Waals surface area contributed by atoms with Gasteiger partial charge in [-0.2, -0.15) is 0 Å². The number of anilines is 1. The first-order valence-corrected chi connectivity index (χ1v) is 9.95. The molecular weight excluding hydrogens is 430 g/mol. The van der Waals surface area contributed by atoms with Crippen LogP contribution in [0.15, 0.2) is 59.7 Å². The number of carbonyl (C=O) groups excluding carboxylic acids is 4. The predicted octanol–water partition coefficient (Wildman–Crippen LogP) is 2.06. The number of fused-ring (bicyclic) bond motifs is 5.